The van der Waals surface area contributed by atoms with Crippen molar-refractivity contribution in [3.8, 4) is 11.1 Å². The minimum Gasteiger partial charge on any atom is -0.361 e. The SMILES string of the molecule is Cc1noc(C)c1-c1ccc2c(c1)nc([C@@H]1CCC(=O)N1c1ccc(F)c(F)c1)n2Cc1ccccc1. The molecule has 1 fully saturated rings. The van der Waals surface area contributed by atoms with Crippen molar-refractivity contribution in [2.75, 3.05) is 4.90 Å². The van der Waals surface area contributed by atoms with E-state index in [1.807, 2.05) is 62.4 Å². The molecule has 1 saturated heterocycles. The maximum atomic E-state index is 14.1. The number of benzene rings is 3. The molecule has 0 bridgehead atoms. The molecule has 0 spiro atoms. The molecular formula is C29H24F2N4O2. The van der Waals surface area contributed by atoms with Crippen molar-refractivity contribution in [2.45, 2.75) is 39.3 Å². The zero-order valence-corrected chi connectivity index (χ0v) is 20.4. The van der Waals surface area contributed by atoms with E-state index in [1.54, 1.807) is 4.90 Å². The Bertz CT molecular complexity index is 1620. The smallest absolute Gasteiger partial charge is 0.227 e. The summed E-state index contributed by atoms with van der Waals surface area (Å²) in [5.41, 5.74) is 5.77. The minimum absolute atomic E-state index is 0.147. The Hall–Kier alpha value is -4.33. The largest absolute Gasteiger partial charge is 0.361 e. The number of aromatic nitrogens is 3. The molecule has 8 heteroatoms. The molecule has 6 rings (SSSR count). The number of amides is 1. The first-order valence-corrected chi connectivity index (χ1v) is 12.1. The molecule has 2 aromatic heterocycles. The summed E-state index contributed by atoms with van der Waals surface area (Å²) in [6.45, 7) is 4.33. The van der Waals surface area contributed by atoms with E-state index >= 15 is 0 Å². The van der Waals surface area contributed by atoms with Crippen molar-refractivity contribution >= 4 is 22.6 Å². The van der Waals surface area contributed by atoms with Gasteiger partial charge in [-0.05, 0) is 55.7 Å². The minimum atomic E-state index is -0.988. The van der Waals surface area contributed by atoms with Gasteiger partial charge in [-0.25, -0.2) is 13.8 Å². The van der Waals surface area contributed by atoms with Gasteiger partial charge < -0.3 is 14.0 Å². The van der Waals surface area contributed by atoms with Gasteiger partial charge in [0.05, 0.1) is 22.8 Å². The molecule has 1 aliphatic heterocycles. The van der Waals surface area contributed by atoms with Gasteiger partial charge in [-0.15, -0.1) is 0 Å². The molecule has 0 saturated carbocycles. The summed E-state index contributed by atoms with van der Waals surface area (Å²) in [4.78, 5) is 19.5. The van der Waals surface area contributed by atoms with Crippen molar-refractivity contribution in [1.29, 1.82) is 0 Å². The molecule has 6 nitrogen and oxygen atoms in total. The van der Waals surface area contributed by atoms with Crippen LogP contribution in [-0.4, -0.2) is 20.6 Å². The summed E-state index contributed by atoms with van der Waals surface area (Å²) in [6.07, 6.45) is 0.815. The molecule has 1 amide bonds. The Labute approximate surface area is 212 Å². The molecule has 1 atom stereocenters. The Morgan fingerprint density at radius 3 is 2.54 bits per heavy atom. The maximum Gasteiger partial charge on any atom is 0.227 e. The Balaban J connectivity index is 1.51. The van der Waals surface area contributed by atoms with Crippen molar-refractivity contribution in [1.82, 2.24) is 14.7 Å². The van der Waals surface area contributed by atoms with Crippen LogP contribution < -0.4 is 4.90 Å². The van der Waals surface area contributed by atoms with E-state index in [4.69, 9.17) is 9.51 Å². The molecule has 5 aromatic rings. The lowest BCUT2D eigenvalue weighted by Crippen LogP contribution is -2.29. The van der Waals surface area contributed by atoms with E-state index < -0.39 is 17.7 Å². The predicted octanol–water partition coefficient (Wildman–Crippen LogP) is 6.50. The van der Waals surface area contributed by atoms with Gasteiger partial charge in [-0.2, -0.15) is 0 Å². The fraction of sp³-hybridized carbons (Fsp3) is 0.207. The van der Waals surface area contributed by atoms with Gasteiger partial charge in [-0.1, -0.05) is 41.6 Å². The van der Waals surface area contributed by atoms with Crippen LogP contribution in [0.15, 0.2) is 71.3 Å². The van der Waals surface area contributed by atoms with E-state index in [0.717, 1.165) is 51.3 Å². The van der Waals surface area contributed by atoms with Gasteiger partial charge in [-0.3, -0.25) is 4.79 Å². The van der Waals surface area contributed by atoms with Gasteiger partial charge in [0, 0.05) is 30.3 Å². The zero-order chi connectivity index (χ0) is 25.7. The summed E-state index contributed by atoms with van der Waals surface area (Å²) >= 11 is 0. The van der Waals surface area contributed by atoms with Crippen molar-refractivity contribution < 1.29 is 18.1 Å². The van der Waals surface area contributed by atoms with Crippen LogP contribution in [0.5, 0.6) is 0 Å². The summed E-state index contributed by atoms with van der Waals surface area (Å²) < 4.78 is 35.3. The number of carbonyl (C=O) groups is 1. The number of aryl methyl sites for hydroxylation is 2. The van der Waals surface area contributed by atoms with Crippen molar-refractivity contribution in [2.24, 2.45) is 0 Å². The lowest BCUT2D eigenvalue weighted by molar-refractivity contribution is -0.117. The molecule has 37 heavy (non-hydrogen) atoms. The number of carbonyl (C=O) groups excluding carboxylic acids is 1. The molecule has 0 radical (unpaired) electrons. The summed E-state index contributed by atoms with van der Waals surface area (Å²) in [6, 6.07) is 19.2. The lowest BCUT2D eigenvalue weighted by atomic mass is 10.0. The molecule has 0 aliphatic carbocycles. The topological polar surface area (TPSA) is 64.2 Å². The monoisotopic (exact) mass is 498 g/mol. The van der Waals surface area contributed by atoms with E-state index in [9.17, 15) is 13.6 Å². The van der Waals surface area contributed by atoms with Crippen LogP contribution in [0.3, 0.4) is 0 Å². The van der Waals surface area contributed by atoms with Crippen molar-refractivity contribution in [3.05, 3.63) is 101 Å². The summed E-state index contributed by atoms with van der Waals surface area (Å²) in [7, 11) is 0. The average Bonchev–Trinajstić information content (AvgIpc) is 3.55. The Kier molecular flexibility index (Phi) is 5.59. The van der Waals surface area contributed by atoms with E-state index in [-0.39, 0.29) is 5.91 Å². The summed E-state index contributed by atoms with van der Waals surface area (Å²) in [5, 5.41) is 4.08. The predicted molar refractivity (Wildman–Crippen MR) is 136 cm³/mol. The number of rotatable bonds is 5. The number of hydrogen-bond acceptors (Lipinski definition) is 4. The molecule has 186 valence electrons. The lowest BCUT2D eigenvalue weighted by Gasteiger charge is -2.25. The van der Waals surface area contributed by atoms with E-state index in [0.29, 0.717) is 30.9 Å². The number of anilines is 1. The van der Waals surface area contributed by atoms with Crippen LogP contribution in [-0.2, 0) is 11.3 Å². The standard InChI is InChI=1S/C29H24F2N4O2/c1-17-28(18(2)37-33-17)20-8-11-25-24(14-20)32-29(34(25)16-19-6-4-3-5-7-19)26-12-13-27(36)35(26)21-9-10-22(30)23(31)15-21/h3-11,14-15,26H,12-13,16H2,1-2H3/t26-/m0/s1. The summed E-state index contributed by atoms with van der Waals surface area (Å²) in [5.74, 6) is -0.657. The maximum absolute atomic E-state index is 14.1. The quantitative estimate of drug-likeness (QED) is 0.277. The third-order valence-electron chi connectivity index (χ3n) is 6.97. The van der Waals surface area contributed by atoms with Crippen LogP contribution in [0.25, 0.3) is 22.2 Å². The number of nitrogens with zero attached hydrogens (tertiary/aromatic N) is 4. The first-order valence-electron chi connectivity index (χ1n) is 12.1. The number of halogens is 2. The third-order valence-corrected chi connectivity index (χ3v) is 6.97. The first-order chi connectivity index (χ1) is 17.9. The molecule has 0 N–H and O–H groups in total. The van der Waals surface area contributed by atoms with Crippen molar-refractivity contribution in [3.63, 3.8) is 0 Å². The normalized spacial score (nSPS) is 15.7. The van der Waals surface area contributed by atoms with Crippen LogP contribution in [0.1, 0.15) is 41.7 Å². The fourth-order valence-corrected chi connectivity index (χ4v) is 5.27. The average molecular weight is 499 g/mol. The van der Waals surface area contributed by atoms with Gasteiger partial charge in [0.1, 0.15) is 11.6 Å². The number of fused-ring (bicyclic) bond motifs is 1. The third kappa shape index (κ3) is 3.98. The molecule has 0 unspecified atom stereocenters. The highest BCUT2D eigenvalue weighted by atomic mass is 19.2. The van der Waals surface area contributed by atoms with Gasteiger partial charge in [0.25, 0.3) is 0 Å². The molecule has 3 heterocycles. The van der Waals surface area contributed by atoms with Crippen LogP contribution >= 0.6 is 0 Å². The number of imidazole rings is 1. The second kappa shape index (κ2) is 8.96. The Morgan fingerprint density at radius 2 is 1.81 bits per heavy atom. The molecule has 1 aliphatic rings. The Morgan fingerprint density at radius 1 is 1.00 bits per heavy atom. The fourth-order valence-electron chi connectivity index (χ4n) is 5.27. The molecular weight excluding hydrogens is 474 g/mol. The van der Waals surface area contributed by atoms with E-state index in [2.05, 4.69) is 9.72 Å². The molecule has 3 aromatic carbocycles. The van der Waals surface area contributed by atoms with Crippen LogP contribution in [0.4, 0.5) is 14.5 Å². The van der Waals surface area contributed by atoms with Crippen LogP contribution in [0.2, 0.25) is 0 Å². The highest BCUT2D eigenvalue weighted by Crippen LogP contribution is 2.39. The second-order valence-electron chi connectivity index (χ2n) is 9.36. The zero-order valence-electron chi connectivity index (χ0n) is 20.4. The highest BCUT2D eigenvalue weighted by Gasteiger charge is 2.37. The van der Waals surface area contributed by atoms with Gasteiger partial charge >= 0.3 is 0 Å². The number of hydrogen-bond donors (Lipinski definition) is 0. The second-order valence-corrected chi connectivity index (χ2v) is 9.36. The van der Waals surface area contributed by atoms with Gasteiger partial charge in [0.2, 0.25) is 5.91 Å². The first kappa shape index (κ1) is 23.1. The van der Waals surface area contributed by atoms with Gasteiger partial charge in [0.15, 0.2) is 11.6 Å². The van der Waals surface area contributed by atoms with E-state index in [1.165, 1.54) is 6.07 Å². The van der Waals surface area contributed by atoms with Crippen LogP contribution in [0, 0.1) is 25.5 Å². The highest BCUT2D eigenvalue weighted by molar-refractivity contribution is 5.96.